The zero-order valence-electron chi connectivity index (χ0n) is 14.6. The molecule has 6 heteroatoms. The van der Waals surface area contributed by atoms with Crippen LogP contribution in [0.4, 0.5) is 4.39 Å². The van der Waals surface area contributed by atoms with Gasteiger partial charge in [0.2, 0.25) is 0 Å². The molecule has 5 nitrogen and oxygen atoms in total. The molecule has 1 aliphatic rings. The molecule has 0 aromatic heterocycles. The van der Waals surface area contributed by atoms with Crippen molar-refractivity contribution in [3.63, 3.8) is 0 Å². The Morgan fingerprint density at radius 1 is 1.27 bits per heavy atom. The van der Waals surface area contributed by atoms with Gasteiger partial charge >= 0.3 is 5.97 Å². The molecule has 138 valence electrons. The lowest BCUT2D eigenvalue weighted by Gasteiger charge is -2.37. The van der Waals surface area contributed by atoms with Crippen LogP contribution in [0.15, 0.2) is 48.5 Å². The predicted molar refractivity (Wildman–Crippen MR) is 95.0 cm³/mol. The SMILES string of the molecule is CC1CN(CCOc2cccc(C(=O)O)c2)CC(c2ccc(F)cc2)O1. The van der Waals surface area contributed by atoms with E-state index in [1.165, 1.54) is 24.3 Å². The van der Waals surface area contributed by atoms with Gasteiger partial charge in [0, 0.05) is 19.6 Å². The fourth-order valence-corrected chi connectivity index (χ4v) is 3.09. The summed E-state index contributed by atoms with van der Waals surface area (Å²) in [5.41, 5.74) is 1.16. The van der Waals surface area contributed by atoms with Crippen molar-refractivity contribution in [1.29, 1.82) is 0 Å². The molecule has 1 fully saturated rings. The normalized spacial score (nSPS) is 20.7. The monoisotopic (exact) mass is 359 g/mol. The molecule has 0 aliphatic carbocycles. The average molecular weight is 359 g/mol. The minimum absolute atomic E-state index is 0.0640. The van der Waals surface area contributed by atoms with E-state index in [0.29, 0.717) is 25.4 Å². The van der Waals surface area contributed by atoms with Crippen molar-refractivity contribution < 1.29 is 23.8 Å². The summed E-state index contributed by atoms with van der Waals surface area (Å²) < 4.78 is 24.8. The lowest BCUT2D eigenvalue weighted by atomic mass is 10.1. The van der Waals surface area contributed by atoms with E-state index in [4.69, 9.17) is 14.6 Å². The zero-order valence-corrected chi connectivity index (χ0v) is 14.6. The minimum Gasteiger partial charge on any atom is -0.492 e. The number of hydrogen-bond acceptors (Lipinski definition) is 4. The van der Waals surface area contributed by atoms with Crippen LogP contribution in [0.3, 0.4) is 0 Å². The van der Waals surface area contributed by atoms with E-state index < -0.39 is 5.97 Å². The Morgan fingerprint density at radius 2 is 2.04 bits per heavy atom. The number of hydrogen-bond donors (Lipinski definition) is 1. The smallest absolute Gasteiger partial charge is 0.335 e. The number of morpholine rings is 1. The third-order valence-electron chi connectivity index (χ3n) is 4.33. The van der Waals surface area contributed by atoms with Crippen molar-refractivity contribution in [3.8, 4) is 5.75 Å². The molecule has 0 bridgehead atoms. The molecule has 1 N–H and O–H groups in total. The Morgan fingerprint density at radius 3 is 2.77 bits per heavy atom. The van der Waals surface area contributed by atoms with Gasteiger partial charge in [0.25, 0.3) is 0 Å². The molecular formula is C20H22FNO4. The first-order chi connectivity index (χ1) is 12.5. The van der Waals surface area contributed by atoms with E-state index >= 15 is 0 Å². The first kappa shape index (κ1) is 18.4. The molecule has 0 radical (unpaired) electrons. The molecule has 0 amide bonds. The number of rotatable bonds is 6. The van der Waals surface area contributed by atoms with Crippen LogP contribution in [0.2, 0.25) is 0 Å². The quantitative estimate of drug-likeness (QED) is 0.857. The summed E-state index contributed by atoms with van der Waals surface area (Å²) in [6.07, 6.45) is -0.0381. The van der Waals surface area contributed by atoms with Gasteiger partial charge in [-0.1, -0.05) is 18.2 Å². The minimum atomic E-state index is -0.973. The van der Waals surface area contributed by atoms with Gasteiger partial charge in [-0.2, -0.15) is 0 Å². The fourth-order valence-electron chi connectivity index (χ4n) is 3.09. The Labute approximate surface area is 152 Å². The summed E-state index contributed by atoms with van der Waals surface area (Å²) in [5.74, 6) is -0.688. The van der Waals surface area contributed by atoms with Crippen molar-refractivity contribution in [2.24, 2.45) is 0 Å². The summed E-state index contributed by atoms with van der Waals surface area (Å²) in [6.45, 7) is 4.65. The number of halogens is 1. The van der Waals surface area contributed by atoms with Crippen LogP contribution >= 0.6 is 0 Å². The topological polar surface area (TPSA) is 59.0 Å². The molecule has 1 saturated heterocycles. The van der Waals surface area contributed by atoms with Gasteiger partial charge in [0.05, 0.1) is 17.8 Å². The highest BCUT2D eigenvalue weighted by atomic mass is 19.1. The Bertz CT molecular complexity index is 750. The van der Waals surface area contributed by atoms with Gasteiger partial charge in [-0.05, 0) is 42.8 Å². The molecule has 26 heavy (non-hydrogen) atoms. The molecule has 1 aliphatic heterocycles. The van der Waals surface area contributed by atoms with E-state index in [-0.39, 0.29) is 23.6 Å². The van der Waals surface area contributed by atoms with Gasteiger partial charge in [0.1, 0.15) is 18.2 Å². The highest BCUT2D eigenvalue weighted by Crippen LogP contribution is 2.25. The van der Waals surface area contributed by atoms with Crippen LogP contribution in [0.5, 0.6) is 5.75 Å². The van der Waals surface area contributed by atoms with Crippen LogP contribution < -0.4 is 4.74 Å². The number of aromatic carboxylic acids is 1. The number of carboxylic acid groups (broad SMARTS) is 1. The van der Waals surface area contributed by atoms with E-state index in [9.17, 15) is 9.18 Å². The van der Waals surface area contributed by atoms with E-state index in [2.05, 4.69) is 4.90 Å². The van der Waals surface area contributed by atoms with Gasteiger partial charge in [0.15, 0.2) is 0 Å². The molecule has 2 atom stereocenters. The van der Waals surface area contributed by atoms with Crippen LogP contribution in [0.25, 0.3) is 0 Å². The van der Waals surface area contributed by atoms with Crippen LogP contribution in [0, 0.1) is 5.82 Å². The maximum atomic E-state index is 13.1. The van der Waals surface area contributed by atoms with E-state index in [1.54, 1.807) is 24.3 Å². The van der Waals surface area contributed by atoms with Crippen molar-refractivity contribution in [2.45, 2.75) is 19.1 Å². The largest absolute Gasteiger partial charge is 0.492 e. The van der Waals surface area contributed by atoms with Crippen molar-refractivity contribution in [3.05, 3.63) is 65.5 Å². The van der Waals surface area contributed by atoms with Crippen molar-refractivity contribution >= 4 is 5.97 Å². The maximum Gasteiger partial charge on any atom is 0.335 e. The van der Waals surface area contributed by atoms with Crippen molar-refractivity contribution in [2.75, 3.05) is 26.2 Å². The number of ether oxygens (including phenoxy) is 2. The molecule has 2 aromatic carbocycles. The third-order valence-corrected chi connectivity index (χ3v) is 4.33. The van der Waals surface area contributed by atoms with Gasteiger partial charge in [-0.15, -0.1) is 0 Å². The summed E-state index contributed by atoms with van der Waals surface area (Å²) in [4.78, 5) is 13.2. The molecule has 1 heterocycles. The summed E-state index contributed by atoms with van der Waals surface area (Å²) in [6, 6.07) is 12.9. The lowest BCUT2D eigenvalue weighted by Crippen LogP contribution is -2.44. The zero-order chi connectivity index (χ0) is 18.5. The summed E-state index contributed by atoms with van der Waals surface area (Å²) >= 11 is 0. The highest BCUT2D eigenvalue weighted by molar-refractivity contribution is 5.87. The van der Waals surface area contributed by atoms with Gasteiger partial charge in [-0.3, -0.25) is 4.90 Å². The first-order valence-electron chi connectivity index (χ1n) is 8.60. The maximum absolute atomic E-state index is 13.1. The van der Waals surface area contributed by atoms with Crippen LogP contribution in [-0.2, 0) is 4.74 Å². The van der Waals surface area contributed by atoms with Gasteiger partial charge < -0.3 is 14.6 Å². The molecule has 3 rings (SSSR count). The number of carboxylic acids is 1. The molecule has 0 saturated carbocycles. The second kappa shape index (κ2) is 8.29. The number of carbonyl (C=O) groups is 1. The van der Waals surface area contributed by atoms with Crippen LogP contribution in [0.1, 0.15) is 28.9 Å². The molecule has 0 spiro atoms. The third kappa shape index (κ3) is 4.80. The predicted octanol–water partition coefficient (Wildman–Crippen LogP) is 3.36. The Balaban J connectivity index is 1.55. The van der Waals surface area contributed by atoms with E-state index in [1.807, 2.05) is 6.92 Å². The molecule has 2 unspecified atom stereocenters. The second-order valence-electron chi connectivity index (χ2n) is 6.43. The van der Waals surface area contributed by atoms with Gasteiger partial charge in [-0.25, -0.2) is 9.18 Å². The van der Waals surface area contributed by atoms with Crippen molar-refractivity contribution in [1.82, 2.24) is 4.90 Å². The fraction of sp³-hybridized carbons (Fsp3) is 0.350. The number of benzene rings is 2. The standard InChI is InChI=1S/C20H22FNO4/c1-14-12-22(13-19(26-14)15-5-7-17(21)8-6-15)9-10-25-18-4-2-3-16(11-18)20(23)24/h2-8,11,14,19H,9-10,12-13H2,1H3,(H,23,24). The van der Waals surface area contributed by atoms with E-state index in [0.717, 1.165) is 12.1 Å². The summed E-state index contributed by atoms with van der Waals surface area (Å²) in [5, 5.41) is 9.02. The second-order valence-corrected chi connectivity index (χ2v) is 6.43. The average Bonchev–Trinajstić information content (AvgIpc) is 2.62. The Hall–Kier alpha value is -2.44. The molecular weight excluding hydrogens is 337 g/mol. The highest BCUT2D eigenvalue weighted by Gasteiger charge is 2.26. The lowest BCUT2D eigenvalue weighted by molar-refractivity contribution is -0.0807. The molecule has 2 aromatic rings. The first-order valence-corrected chi connectivity index (χ1v) is 8.60. The summed E-state index contributed by atoms with van der Waals surface area (Å²) in [7, 11) is 0. The van der Waals surface area contributed by atoms with Crippen LogP contribution in [-0.4, -0.2) is 48.3 Å². The Kier molecular flexibility index (Phi) is 5.85. The number of nitrogens with zero attached hydrogens (tertiary/aromatic N) is 1.